The van der Waals surface area contributed by atoms with Gasteiger partial charge in [-0.15, -0.1) is 0 Å². The summed E-state index contributed by atoms with van der Waals surface area (Å²) in [7, 11) is 0. The zero-order valence-corrected chi connectivity index (χ0v) is 21.9. The molecule has 0 saturated heterocycles. The van der Waals surface area contributed by atoms with E-state index in [0.29, 0.717) is 22.0 Å². The highest BCUT2D eigenvalue weighted by Crippen LogP contribution is 2.41. The fraction of sp³-hybridized carbons (Fsp3) is 0.194. The molecule has 1 heterocycles. The summed E-state index contributed by atoms with van der Waals surface area (Å²) in [5.41, 5.74) is 3.93. The lowest BCUT2D eigenvalue weighted by atomic mass is 9.80. The summed E-state index contributed by atoms with van der Waals surface area (Å²) in [6.07, 6.45) is -0.601. The number of hydrogen-bond donors (Lipinski definition) is 1. The fourth-order valence-electron chi connectivity index (χ4n) is 4.58. The standard InChI is InChI=1S/C31H27ClN2O4/c1-20-26(30(35)37-18-10-17-33)28(24-15-9-16-25(32)19-24)27(21(2)34-20)31(36)38-29(22-11-5-3-6-12-22)23-13-7-4-8-14-23/h3-9,11-16,19,28-29,34H,10,18H2,1-2H3. The minimum absolute atomic E-state index is 0.0546. The highest BCUT2D eigenvalue weighted by Gasteiger charge is 2.39. The zero-order valence-electron chi connectivity index (χ0n) is 21.1. The Morgan fingerprint density at radius 1 is 0.895 bits per heavy atom. The van der Waals surface area contributed by atoms with Crippen molar-refractivity contribution in [2.45, 2.75) is 32.3 Å². The molecule has 6 nitrogen and oxygen atoms in total. The molecule has 7 heteroatoms. The summed E-state index contributed by atoms with van der Waals surface area (Å²) in [6.45, 7) is 3.47. The van der Waals surface area contributed by atoms with Crippen LogP contribution in [0.2, 0.25) is 5.02 Å². The molecule has 192 valence electrons. The maximum Gasteiger partial charge on any atom is 0.337 e. The number of nitrogens with zero attached hydrogens (tertiary/aromatic N) is 1. The number of nitrogens with one attached hydrogen (secondary N) is 1. The van der Waals surface area contributed by atoms with E-state index in [4.69, 9.17) is 26.3 Å². The first-order valence-corrected chi connectivity index (χ1v) is 12.6. The van der Waals surface area contributed by atoms with Gasteiger partial charge in [-0.25, -0.2) is 9.59 Å². The van der Waals surface area contributed by atoms with E-state index in [1.165, 1.54) is 0 Å². The molecule has 3 aromatic carbocycles. The molecule has 0 fully saturated rings. The SMILES string of the molecule is CC1=C(C(=O)OCCC#N)C(c2cccc(Cl)c2)C(C(=O)OC(c2ccccc2)c2ccccc2)=C(C)N1. The van der Waals surface area contributed by atoms with Crippen LogP contribution in [0.25, 0.3) is 0 Å². The molecule has 0 aromatic heterocycles. The summed E-state index contributed by atoms with van der Waals surface area (Å²) in [5.74, 6) is -1.98. The molecule has 0 bridgehead atoms. The first-order valence-electron chi connectivity index (χ1n) is 12.2. The van der Waals surface area contributed by atoms with Gasteiger partial charge >= 0.3 is 11.9 Å². The summed E-state index contributed by atoms with van der Waals surface area (Å²) < 4.78 is 11.6. The average molecular weight is 527 g/mol. The van der Waals surface area contributed by atoms with Gasteiger partial charge in [0.2, 0.25) is 0 Å². The van der Waals surface area contributed by atoms with Crippen molar-refractivity contribution in [2.24, 2.45) is 0 Å². The molecular weight excluding hydrogens is 500 g/mol. The first kappa shape index (κ1) is 26.7. The number of esters is 2. The van der Waals surface area contributed by atoms with E-state index in [9.17, 15) is 9.59 Å². The quantitative estimate of drug-likeness (QED) is 0.271. The summed E-state index contributed by atoms with van der Waals surface area (Å²) in [6, 6.07) is 28.0. The topological polar surface area (TPSA) is 88.4 Å². The number of ether oxygens (including phenoxy) is 2. The lowest BCUT2D eigenvalue weighted by molar-refractivity contribution is -0.143. The van der Waals surface area contributed by atoms with Crippen LogP contribution in [0.15, 0.2) is 107 Å². The largest absolute Gasteiger partial charge is 0.461 e. The van der Waals surface area contributed by atoms with Crippen LogP contribution in [0.3, 0.4) is 0 Å². The Bertz CT molecular complexity index is 1390. The number of carbonyl (C=O) groups is 2. The number of dihydropyridines is 1. The predicted molar refractivity (Wildman–Crippen MR) is 145 cm³/mol. The second kappa shape index (κ2) is 12.3. The van der Waals surface area contributed by atoms with E-state index in [2.05, 4.69) is 5.32 Å². The van der Waals surface area contributed by atoms with Gasteiger partial charge in [0.1, 0.15) is 6.61 Å². The van der Waals surface area contributed by atoms with Crippen molar-refractivity contribution in [3.05, 3.63) is 129 Å². The highest BCUT2D eigenvalue weighted by atomic mass is 35.5. The molecule has 1 aliphatic heterocycles. The molecule has 0 spiro atoms. The number of halogens is 1. The van der Waals surface area contributed by atoms with Crippen molar-refractivity contribution in [1.82, 2.24) is 5.32 Å². The van der Waals surface area contributed by atoms with E-state index in [1.807, 2.05) is 72.8 Å². The molecule has 1 atom stereocenters. The third-order valence-electron chi connectivity index (χ3n) is 6.26. The monoisotopic (exact) mass is 526 g/mol. The van der Waals surface area contributed by atoms with Crippen molar-refractivity contribution in [1.29, 1.82) is 5.26 Å². The van der Waals surface area contributed by atoms with Gasteiger partial charge in [0, 0.05) is 16.4 Å². The maximum atomic E-state index is 14.0. The first-order chi connectivity index (χ1) is 18.4. The van der Waals surface area contributed by atoms with Crippen LogP contribution < -0.4 is 5.32 Å². The van der Waals surface area contributed by atoms with E-state index in [-0.39, 0.29) is 24.2 Å². The van der Waals surface area contributed by atoms with Crippen LogP contribution in [0.1, 0.15) is 49.0 Å². The zero-order chi connectivity index (χ0) is 27.1. The number of nitriles is 1. The Hall–Kier alpha value is -4.34. The van der Waals surface area contributed by atoms with Crippen molar-refractivity contribution in [3.63, 3.8) is 0 Å². The molecule has 38 heavy (non-hydrogen) atoms. The Morgan fingerprint density at radius 3 is 2.03 bits per heavy atom. The van der Waals surface area contributed by atoms with Crippen LogP contribution in [0, 0.1) is 11.3 Å². The van der Waals surface area contributed by atoms with E-state index < -0.39 is 24.0 Å². The Balaban J connectivity index is 1.77. The highest BCUT2D eigenvalue weighted by molar-refractivity contribution is 6.30. The van der Waals surface area contributed by atoms with Gasteiger partial charge in [0.15, 0.2) is 6.10 Å². The van der Waals surface area contributed by atoms with E-state index in [0.717, 1.165) is 11.1 Å². The van der Waals surface area contributed by atoms with Gasteiger partial charge in [0.05, 0.1) is 29.6 Å². The van der Waals surface area contributed by atoms with Crippen LogP contribution in [-0.4, -0.2) is 18.5 Å². The molecule has 1 N–H and O–H groups in total. The fourth-order valence-corrected chi connectivity index (χ4v) is 4.78. The summed E-state index contributed by atoms with van der Waals surface area (Å²) >= 11 is 6.32. The Labute approximate surface area is 227 Å². The Kier molecular flexibility index (Phi) is 8.62. The molecule has 0 radical (unpaired) electrons. The van der Waals surface area contributed by atoms with Crippen LogP contribution in [0.4, 0.5) is 0 Å². The molecule has 4 rings (SSSR count). The number of allylic oxidation sites excluding steroid dienone is 2. The molecule has 0 amide bonds. The van der Waals surface area contributed by atoms with Gasteiger partial charge in [-0.2, -0.15) is 5.26 Å². The van der Waals surface area contributed by atoms with Crippen molar-refractivity contribution in [2.75, 3.05) is 6.61 Å². The predicted octanol–water partition coefficient (Wildman–Crippen LogP) is 6.36. The van der Waals surface area contributed by atoms with Gasteiger partial charge < -0.3 is 14.8 Å². The lowest BCUT2D eigenvalue weighted by Gasteiger charge is -2.31. The molecule has 0 saturated carbocycles. The number of rotatable bonds is 8. The van der Waals surface area contributed by atoms with Gasteiger partial charge in [0.25, 0.3) is 0 Å². The smallest absolute Gasteiger partial charge is 0.337 e. The second-order valence-electron chi connectivity index (χ2n) is 8.84. The maximum absolute atomic E-state index is 14.0. The van der Waals surface area contributed by atoms with Gasteiger partial charge in [-0.1, -0.05) is 84.4 Å². The van der Waals surface area contributed by atoms with Gasteiger partial charge in [-0.3, -0.25) is 0 Å². The molecule has 1 unspecified atom stereocenters. The number of hydrogen-bond acceptors (Lipinski definition) is 6. The lowest BCUT2D eigenvalue weighted by Crippen LogP contribution is -2.33. The van der Waals surface area contributed by atoms with Crippen molar-refractivity contribution < 1.29 is 19.1 Å². The van der Waals surface area contributed by atoms with Crippen LogP contribution >= 0.6 is 11.6 Å². The minimum atomic E-state index is -0.788. The molecule has 1 aliphatic rings. The van der Waals surface area contributed by atoms with Gasteiger partial charge in [-0.05, 0) is 42.7 Å². The van der Waals surface area contributed by atoms with Crippen molar-refractivity contribution in [3.8, 4) is 6.07 Å². The van der Waals surface area contributed by atoms with Crippen LogP contribution in [0.5, 0.6) is 0 Å². The second-order valence-corrected chi connectivity index (χ2v) is 9.28. The van der Waals surface area contributed by atoms with E-state index in [1.54, 1.807) is 32.0 Å². The van der Waals surface area contributed by atoms with Crippen LogP contribution in [-0.2, 0) is 19.1 Å². The minimum Gasteiger partial charge on any atom is -0.461 e. The normalized spacial score (nSPS) is 15.1. The molecular formula is C31H27ClN2O4. The summed E-state index contributed by atoms with van der Waals surface area (Å²) in [4.78, 5) is 27.3. The van der Waals surface area contributed by atoms with E-state index >= 15 is 0 Å². The number of benzene rings is 3. The van der Waals surface area contributed by atoms with Crippen molar-refractivity contribution >= 4 is 23.5 Å². The Morgan fingerprint density at radius 2 is 1.47 bits per heavy atom. The number of carbonyl (C=O) groups excluding carboxylic acids is 2. The third-order valence-corrected chi connectivity index (χ3v) is 6.49. The average Bonchev–Trinajstić information content (AvgIpc) is 2.92. The molecule has 3 aromatic rings. The summed E-state index contributed by atoms with van der Waals surface area (Å²) in [5, 5.41) is 12.5. The molecule has 0 aliphatic carbocycles. The third kappa shape index (κ3) is 5.96.